The van der Waals surface area contributed by atoms with Crippen LogP contribution in [0.1, 0.15) is 23.6 Å². The maximum Gasteiger partial charge on any atom is 0.328 e. The van der Waals surface area contributed by atoms with Crippen molar-refractivity contribution >= 4 is 5.97 Å². The van der Waals surface area contributed by atoms with Crippen LogP contribution in [-0.4, -0.2) is 43.2 Å². The maximum absolute atomic E-state index is 11.7. The first-order valence-corrected chi connectivity index (χ1v) is 6.48. The first kappa shape index (κ1) is 15.7. The van der Waals surface area contributed by atoms with Crippen LogP contribution in [0.15, 0.2) is 18.2 Å². The van der Waals surface area contributed by atoms with Crippen molar-refractivity contribution in [1.29, 1.82) is 0 Å². The fraction of sp³-hybridized carbons (Fsp3) is 0.533. The predicted octanol–water partition coefficient (Wildman–Crippen LogP) is 1.75. The molecular weight excluding hydrogens is 240 g/mol. The molecule has 0 aliphatic heterocycles. The molecule has 0 saturated carbocycles. The Morgan fingerprint density at radius 3 is 2.53 bits per heavy atom. The number of nitrogens with zero attached hydrogens (tertiary/aromatic N) is 1. The fourth-order valence-electron chi connectivity index (χ4n) is 2.09. The minimum absolute atomic E-state index is 0.628. The number of carboxylic acids is 1. The quantitative estimate of drug-likeness (QED) is 0.822. The minimum Gasteiger partial charge on any atom is -0.480 e. The number of aryl methyl sites for hydroxylation is 2. The van der Waals surface area contributed by atoms with Crippen LogP contribution in [0, 0.1) is 13.8 Å². The van der Waals surface area contributed by atoms with E-state index in [2.05, 4.69) is 5.32 Å². The zero-order valence-electron chi connectivity index (χ0n) is 12.4. The van der Waals surface area contributed by atoms with Gasteiger partial charge in [0.25, 0.3) is 0 Å². The van der Waals surface area contributed by atoms with Crippen molar-refractivity contribution in [3.8, 4) is 0 Å². The molecule has 1 rings (SSSR count). The van der Waals surface area contributed by atoms with Gasteiger partial charge in [-0.25, -0.2) is 4.79 Å². The Bertz CT molecular complexity index is 457. The summed E-state index contributed by atoms with van der Waals surface area (Å²) < 4.78 is 0. The van der Waals surface area contributed by atoms with E-state index in [1.165, 1.54) is 0 Å². The van der Waals surface area contributed by atoms with Crippen molar-refractivity contribution in [3.05, 3.63) is 34.9 Å². The standard InChI is InChI=1S/C15H24N2O2/c1-11-6-7-12(2)13(10-11)15(3,14(18)19)16-8-9-17(4)5/h6-7,10,16H,8-9H2,1-5H3,(H,18,19). The van der Waals surface area contributed by atoms with E-state index in [9.17, 15) is 9.90 Å². The number of nitrogens with one attached hydrogen (secondary N) is 1. The highest BCUT2D eigenvalue weighted by atomic mass is 16.4. The number of hydrogen-bond acceptors (Lipinski definition) is 3. The van der Waals surface area contributed by atoms with Crippen molar-refractivity contribution < 1.29 is 9.90 Å². The van der Waals surface area contributed by atoms with Gasteiger partial charge in [-0.2, -0.15) is 0 Å². The Hall–Kier alpha value is -1.39. The van der Waals surface area contributed by atoms with E-state index in [1.807, 2.05) is 51.0 Å². The van der Waals surface area contributed by atoms with Crippen LogP contribution in [-0.2, 0) is 10.3 Å². The van der Waals surface area contributed by atoms with E-state index in [0.29, 0.717) is 6.54 Å². The van der Waals surface area contributed by atoms with Gasteiger partial charge >= 0.3 is 5.97 Å². The maximum atomic E-state index is 11.7. The molecule has 0 heterocycles. The Morgan fingerprint density at radius 1 is 1.37 bits per heavy atom. The van der Waals surface area contributed by atoms with E-state index >= 15 is 0 Å². The molecule has 1 aromatic carbocycles. The number of rotatable bonds is 6. The summed E-state index contributed by atoms with van der Waals surface area (Å²) in [6.07, 6.45) is 0. The van der Waals surface area contributed by atoms with Crippen LogP contribution in [0.4, 0.5) is 0 Å². The monoisotopic (exact) mass is 264 g/mol. The number of carboxylic acid groups (broad SMARTS) is 1. The molecular formula is C15H24N2O2. The van der Waals surface area contributed by atoms with Gasteiger partial charge in [-0.15, -0.1) is 0 Å². The van der Waals surface area contributed by atoms with Gasteiger partial charge in [0.05, 0.1) is 0 Å². The molecule has 19 heavy (non-hydrogen) atoms. The highest BCUT2D eigenvalue weighted by Gasteiger charge is 2.35. The number of carbonyl (C=O) groups is 1. The van der Waals surface area contributed by atoms with E-state index in [1.54, 1.807) is 6.92 Å². The second kappa shape index (κ2) is 6.17. The third-order valence-electron chi connectivity index (χ3n) is 3.40. The van der Waals surface area contributed by atoms with Gasteiger partial charge in [0, 0.05) is 13.1 Å². The molecule has 4 nitrogen and oxygen atoms in total. The Morgan fingerprint density at radius 2 is 2.00 bits per heavy atom. The highest BCUT2D eigenvalue weighted by molar-refractivity contribution is 5.81. The molecule has 0 saturated heterocycles. The predicted molar refractivity (Wildman–Crippen MR) is 77.5 cm³/mol. The zero-order valence-corrected chi connectivity index (χ0v) is 12.4. The van der Waals surface area contributed by atoms with Gasteiger partial charge < -0.3 is 10.0 Å². The SMILES string of the molecule is Cc1ccc(C)c(C(C)(NCCN(C)C)C(=O)O)c1. The van der Waals surface area contributed by atoms with Crippen molar-refractivity contribution in [2.45, 2.75) is 26.3 Å². The lowest BCUT2D eigenvalue weighted by atomic mass is 9.87. The van der Waals surface area contributed by atoms with Crippen molar-refractivity contribution in [2.75, 3.05) is 27.2 Å². The number of aliphatic carboxylic acids is 1. The van der Waals surface area contributed by atoms with Crippen LogP contribution in [0.25, 0.3) is 0 Å². The molecule has 0 radical (unpaired) electrons. The van der Waals surface area contributed by atoms with Gasteiger partial charge in [0.15, 0.2) is 0 Å². The Balaban J connectivity index is 3.04. The molecule has 2 N–H and O–H groups in total. The lowest BCUT2D eigenvalue weighted by Gasteiger charge is -2.29. The molecule has 0 aliphatic carbocycles. The molecule has 0 aromatic heterocycles. The Labute approximate surface area is 115 Å². The smallest absolute Gasteiger partial charge is 0.328 e. The Kier molecular flexibility index (Phi) is 5.09. The van der Waals surface area contributed by atoms with Crippen LogP contribution in [0.2, 0.25) is 0 Å². The largest absolute Gasteiger partial charge is 0.480 e. The average Bonchev–Trinajstić information content (AvgIpc) is 2.31. The molecule has 0 fully saturated rings. The average molecular weight is 264 g/mol. The lowest BCUT2D eigenvalue weighted by Crippen LogP contribution is -2.49. The van der Waals surface area contributed by atoms with Crippen molar-refractivity contribution in [3.63, 3.8) is 0 Å². The first-order valence-electron chi connectivity index (χ1n) is 6.48. The van der Waals surface area contributed by atoms with Crippen LogP contribution < -0.4 is 5.32 Å². The molecule has 1 unspecified atom stereocenters. The summed E-state index contributed by atoms with van der Waals surface area (Å²) in [6, 6.07) is 5.92. The third kappa shape index (κ3) is 3.78. The number of likely N-dealkylation sites (N-methyl/N-ethyl adjacent to an activating group) is 1. The van der Waals surface area contributed by atoms with Crippen LogP contribution in [0.3, 0.4) is 0 Å². The van der Waals surface area contributed by atoms with Gasteiger partial charge in [-0.3, -0.25) is 5.32 Å². The van der Waals surface area contributed by atoms with E-state index < -0.39 is 11.5 Å². The van der Waals surface area contributed by atoms with E-state index in [0.717, 1.165) is 23.2 Å². The zero-order chi connectivity index (χ0) is 14.6. The molecule has 1 atom stereocenters. The van der Waals surface area contributed by atoms with Crippen molar-refractivity contribution in [1.82, 2.24) is 10.2 Å². The summed E-state index contributed by atoms with van der Waals surface area (Å²) >= 11 is 0. The van der Waals surface area contributed by atoms with Crippen molar-refractivity contribution in [2.24, 2.45) is 0 Å². The number of hydrogen-bond donors (Lipinski definition) is 2. The summed E-state index contributed by atoms with van der Waals surface area (Å²) in [5.74, 6) is -0.847. The summed E-state index contributed by atoms with van der Waals surface area (Å²) in [7, 11) is 3.94. The van der Waals surface area contributed by atoms with Gasteiger partial charge in [0.1, 0.15) is 5.54 Å². The summed E-state index contributed by atoms with van der Waals surface area (Å²) in [4.78, 5) is 13.7. The van der Waals surface area contributed by atoms with Gasteiger partial charge in [0.2, 0.25) is 0 Å². The van der Waals surface area contributed by atoms with Crippen LogP contribution in [0.5, 0.6) is 0 Å². The molecule has 4 heteroatoms. The molecule has 0 spiro atoms. The highest BCUT2D eigenvalue weighted by Crippen LogP contribution is 2.25. The van der Waals surface area contributed by atoms with Gasteiger partial charge in [-0.05, 0) is 46.0 Å². The second-order valence-electron chi connectivity index (χ2n) is 5.48. The summed E-state index contributed by atoms with van der Waals surface area (Å²) in [5, 5.41) is 12.8. The second-order valence-corrected chi connectivity index (χ2v) is 5.48. The fourth-order valence-corrected chi connectivity index (χ4v) is 2.09. The number of benzene rings is 1. The van der Waals surface area contributed by atoms with Gasteiger partial charge in [-0.1, -0.05) is 23.8 Å². The lowest BCUT2D eigenvalue weighted by molar-refractivity contribution is -0.144. The summed E-state index contributed by atoms with van der Waals surface area (Å²) in [5.41, 5.74) is 1.85. The first-order chi connectivity index (χ1) is 8.77. The van der Waals surface area contributed by atoms with E-state index in [-0.39, 0.29) is 0 Å². The molecule has 0 amide bonds. The third-order valence-corrected chi connectivity index (χ3v) is 3.40. The van der Waals surface area contributed by atoms with E-state index in [4.69, 9.17) is 0 Å². The molecule has 0 bridgehead atoms. The molecule has 106 valence electrons. The summed E-state index contributed by atoms with van der Waals surface area (Å²) in [6.45, 7) is 7.08. The normalized spacial score (nSPS) is 14.4. The molecule has 1 aromatic rings. The topological polar surface area (TPSA) is 52.6 Å². The minimum atomic E-state index is -1.05. The molecule has 0 aliphatic rings. The van der Waals surface area contributed by atoms with Crippen LogP contribution >= 0.6 is 0 Å².